The van der Waals surface area contributed by atoms with Crippen molar-refractivity contribution in [1.29, 1.82) is 0 Å². The van der Waals surface area contributed by atoms with Crippen LogP contribution in [-0.2, 0) is 4.79 Å². The number of carbonyl (C=O) groups excluding carboxylic acids is 1. The van der Waals surface area contributed by atoms with Gasteiger partial charge in [-0.25, -0.2) is 0 Å². The van der Waals surface area contributed by atoms with Crippen LogP contribution >= 0.6 is 0 Å². The van der Waals surface area contributed by atoms with Crippen LogP contribution in [0.15, 0.2) is 48.5 Å². The fourth-order valence-corrected chi connectivity index (χ4v) is 3.29. The summed E-state index contributed by atoms with van der Waals surface area (Å²) >= 11 is 0. The third-order valence-corrected chi connectivity index (χ3v) is 4.49. The Kier molecular flexibility index (Phi) is 5.03. The largest absolute Gasteiger partial charge is 0.496 e. The summed E-state index contributed by atoms with van der Waals surface area (Å²) in [5.74, 6) is 1.45. The Labute approximate surface area is 154 Å². The summed E-state index contributed by atoms with van der Waals surface area (Å²) in [4.78, 5) is 12.5. The molecule has 0 saturated heterocycles. The van der Waals surface area contributed by atoms with Crippen molar-refractivity contribution in [3.05, 3.63) is 65.2 Å². The molecule has 1 atom stereocenters. The number of para-hydroxylation sites is 1. The maximum atomic E-state index is 12.5. The first-order chi connectivity index (χ1) is 12.4. The Balaban J connectivity index is 1.79. The molecule has 0 radical (unpaired) electrons. The molecule has 0 bridgehead atoms. The zero-order valence-corrected chi connectivity index (χ0v) is 15.7. The predicted molar refractivity (Wildman–Crippen MR) is 103 cm³/mol. The van der Waals surface area contributed by atoms with Gasteiger partial charge in [0.1, 0.15) is 17.1 Å². The van der Waals surface area contributed by atoms with Gasteiger partial charge in [0.2, 0.25) is 5.91 Å². The molecular formula is C22H25NO3. The van der Waals surface area contributed by atoms with E-state index in [1.54, 1.807) is 19.3 Å². The molecule has 1 aliphatic heterocycles. The van der Waals surface area contributed by atoms with Gasteiger partial charge in [-0.3, -0.25) is 4.79 Å². The summed E-state index contributed by atoms with van der Waals surface area (Å²) < 4.78 is 11.4. The van der Waals surface area contributed by atoms with Gasteiger partial charge in [-0.05, 0) is 39.0 Å². The maximum Gasteiger partial charge on any atom is 0.244 e. The third-order valence-electron chi connectivity index (χ3n) is 4.49. The summed E-state index contributed by atoms with van der Waals surface area (Å²) in [7, 11) is 1.62. The number of fused-ring (bicyclic) bond motifs is 1. The molecule has 0 aromatic heterocycles. The van der Waals surface area contributed by atoms with Crippen LogP contribution in [0.1, 0.15) is 43.0 Å². The number of methoxy groups -OCH3 is 1. The fraction of sp³-hybridized carbons (Fsp3) is 0.318. The molecule has 2 aromatic rings. The molecular weight excluding hydrogens is 326 g/mol. The summed E-state index contributed by atoms with van der Waals surface area (Å²) in [6.07, 6.45) is 4.04. The molecule has 1 heterocycles. The van der Waals surface area contributed by atoms with Crippen molar-refractivity contribution in [1.82, 2.24) is 5.32 Å². The first kappa shape index (κ1) is 18.1. The first-order valence-electron chi connectivity index (χ1n) is 8.79. The number of carbonyl (C=O) groups is 1. The summed E-state index contributed by atoms with van der Waals surface area (Å²) in [5.41, 5.74) is 2.72. The predicted octanol–water partition coefficient (Wildman–Crippen LogP) is 4.44. The van der Waals surface area contributed by atoms with Crippen LogP contribution in [-0.4, -0.2) is 18.6 Å². The van der Waals surface area contributed by atoms with E-state index in [-0.39, 0.29) is 17.6 Å². The van der Waals surface area contributed by atoms with E-state index in [0.717, 1.165) is 34.6 Å². The number of hydrogen-bond donors (Lipinski definition) is 1. The Morgan fingerprint density at radius 2 is 2.04 bits per heavy atom. The smallest absolute Gasteiger partial charge is 0.244 e. The summed E-state index contributed by atoms with van der Waals surface area (Å²) in [6, 6.07) is 13.6. The lowest BCUT2D eigenvalue weighted by atomic mass is 9.89. The van der Waals surface area contributed by atoms with Crippen LogP contribution in [0, 0.1) is 6.92 Å². The third kappa shape index (κ3) is 4.07. The van der Waals surface area contributed by atoms with Crippen LogP contribution in [0.3, 0.4) is 0 Å². The van der Waals surface area contributed by atoms with E-state index >= 15 is 0 Å². The zero-order chi connectivity index (χ0) is 18.7. The van der Waals surface area contributed by atoms with Gasteiger partial charge in [-0.15, -0.1) is 0 Å². The number of aryl methyl sites for hydroxylation is 1. The van der Waals surface area contributed by atoms with Gasteiger partial charge < -0.3 is 14.8 Å². The van der Waals surface area contributed by atoms with Crippen molar-refractivity contribution in [3.8, 4) is 11.5 Å². The molecule has 1 aliphatic rings. The lowest BCUT2D eigenvalue weighted by Gasteiger charge is -2.38. The average molecular weight is 351 g/mol. The molecule has 1 unspecified atom stereocenters. The minimum Gasteiger partial charge on any atom is -0.496 e. The molecule has 2 aromatic carbocycles. The highest BCUT2D eigenvalue weighted by Crippen LogP contribution is 2.39. The SMILES string of the molecule is COc1ccccc1/C=C/C(=O)NC1CC(C)(C)Oc2ccc(C)cc21. The second-order valence-electron chi connectivity index (χ2n) is 7.24. The normalized spacial score (nSPS) is 18.1. The van der Waals surface area contributed by atoms with Crippen LogP contribution in [0.25, 0.3) is 6.08 Å². The van der Waals surface area contributed by atoms with E-state index in [1.165, 1.54) is 0 Å². The van der Waals surface area contributed by atoms with Gasteiger partial charge in [0.05, 0.1) is 13.2 Å². The molecule has 1 amide bonds. The van der Waals surface area contributed by atoms with Crippen LogP contribution in [0.5, 0.6) is 11.5 Å². The molecule has 0 spiro atoms. The average Bonchev–Trinajstić information content (AvgIpc) is 2.60. The summed E-state index contributed by atoms with van der Waals surface area (Å²) in [6.45, 7) is 6.12. The molecule has 0 fully saturated rings. The van der Waals surface area contributed by atoms with Gasteiger partial charge >= 0.3 is 0 Å². The van der Waals surface area contributed by atoms with E-state index in [4.69, 9.17) is 9.47 Å². The number of hydrogen-bond acceptors (Lipinski definition) is 3. The summed E-state index contributed by atoms with van der Waals surface area (Å²) in [5, 5.41) is 3.12. The number of nitrogens with one attached hydrogen (secondary N) is 1. The molecule has 3 rings (SSSR count). The molecule has 136 valence electrons. The number of amides is 1. The Bertz CT molecular complexity index is 839. The molecule has 26 heavy (non-hydrogen) atoms. The van der Waals surface area contributed by atoms with Gasteiger partial charge in [0, 0.05) is 23.6 Å². The van der Waals surface area contributed by atoms with E-state index in [1.807, 2.05) is 57.2 Å². The van der Waals surface area contributed by atoms with Crippen molar-refractivity contribution in [2.75, 3.05) is 7.11 Å². The highest BCUT2D eigenvalue weighted by atomic mass is 16.5. The topological polar surface area (TPSA) is 47.6 Å². The second-order valence-corrected chi connectivity index (χ2v) is 7.24. The van der Waals surface area contributed by atoms with Gasteiger partial charge in [-0.1, -0.05) is 35.9 Å². The Morgan fingerprint density at radius 1 is 1.27 bits per heavy atom. The quantitative estimate of drug-likeness (QED) is 0.829. The first-order valence-corrected chi connectivity index (χ1v) is 8.79. The number of benzene rings is 2. The molecule has 4 heteroatoms. The fourth-order valence-electron chi connectivity index (χ4n) is 3.29. The van der Waals surface area contributed by atoms with Crippen molar-refractivity contribution in [2.24, 2.45) is 0 Å². The molecule has 1 N–H and O–H groups in total. The minimum absolute atomic E-state index is 0.0801. The lowest BCUT2D eigenvalue weighted by Crippen LogP contribution is -2.41. The molecule has 4 nitrogen and oxygen atoms in total. The van der Waals surface area contributed by atoms with Crippen molar-refractivity contribution < 1.29 is 14.3 Å². The molecule has 0 saturated carbocycles. The van der Waals surface area contributed by atoms with Crippen LogP contribution in [0.2, 0.25) is 0 Å². The van der Waals surface area contributed by atoms with E-state index < -0.39 is 0 Å². The highest BCUT2D eigenvalue weighted by Gasteiger charge is 2.34. The van der Waals surface area contributed by atoms with Crippen LogP contribution in [0.4, 0.5) is 0 Å². The monoisotopic (exact) mass is 351 g/mol. The van der Waals surface area contributed by atoms with Gasteiger partial charge in [0.15, 0.2) is 0 Å². The van der Waals surface area contributed by atoms with Gasteiger partial charge in [0.25, 0.3) is 0 Å². The minimum atomic E-state index is -0.327. The van der Waals surface area contributed by atoms with E-state index in [0.29, 0.717) is 0 Å². The Hall–Kier alpha value is -2.75. The van der Waals surface area contributed by atoms with Crippen molar-refractivity contribution in [2.45, 2.75) is 38.8 Å². The van der Waals surface area contributed by atoms with Crippen molar-refractivity contribution >= 4 is 12.0 Å². The molecule has 0 aliphatic carbocycles. The standard InChI is InChI=1S/C22H25NO3/c1-15-9-11-20-17(13-15)18(14-22(2,3)26-20)23-21(24)12-10-16-7-5-6-8-19(16)25-4/h5-13,18H,14H2,1-4H3,(H,23,24)/b12-10+. The van der Waals surface area contributed by atoms with Crippen LogP contribution < -0.4 is 14.8 Å². The van der Waals surface area contributed by atoms with Gasteiger partial charge in [-0.2, -0.15) is 0 Å². The number of ether oxygens (including phenoxy) is 2. The number of rotatable bonds is 4. The lowest BCUT2D eigenvalue weighted by molar-refractivity contribution is -0.117. The van der Waals surface area contributed by atoms with E-state index in [9.17, 15) is 4.79 Å². The second kappa shape index (κ2) is 7.24. The maximum absolute atomic E-state index is 12.5. The van der Waals surface area contributed by atoms with E-state index in [2.05, 4.69) is 11.4 Å². The highest BCUT2D eigenvalue weighted by molar-refractivity contribution is 5.92. The Morgan fingerprint density at radius 3 is 2.81 bits per heavy atom. The van der Waals surface area contributed by atoms with Crippen molar-refractivity contribution in [3.63, 3.8) is 0 Å². The zero-order valence-electron chi connectivity index (χ0n) is 15.7.